The number of hydrogen-bond donors (Lipinski definition) is 1. The van der Waals surface area contributed by atoms with Gasteiger partial charge >= 0.3 is 0 Å². The van der Waals surface area contributed by atoms with Gasteiger partial charge in [-0.05, 0) is 18.4 Å². The summed E-state index contributed by atoms with van der Waals surface area (Å²) in [6, 6.07) is 0.0825. The monoisotopic (exact) mass is 249 g/mol. The first-order chi connectivity index (χ1) is 7.32. The molecule has 3 nitrogen and oxygen atoms in total. The molecular formula is C12H27NO2S. The highest BCUT2D eigenvalue weighted by Gasteiger charge is 2.22. The minimum Gasteiger partial charge on any atom is -0.313 e. The summed E-state index contributed by atoms with van der Waals surface area (Å²) >= 11 is 0. The van der Waals surface area contributed by atoms with Crippen LogP contribution in [-0.2, 0) is 9.84 Å². The van der Waals surface area contributed by atoms with E-state index in [2.05, 4.69) is 19.2 Å². The molecule has 1 N–H and O–H groups in total. The average Bonchev–Trinajstić information content (AvgIpc) is 2.15. The lowest BCUT2D eigenvalue weighted by atomic mass is 10.1. The van der Waals surface area contributed by atoms with Crippen LogP contribution >= 0.6 is 0 Å². The molecule has 2 unspecified atom stereocenters. The largest absolute Gasteiger partial charge is 0.313 e. The molecule has 4 heteroatoms. The van der Waals surface area contributed by atoms with Crippen LogP contribution < -0.4 is 5.32 Å². The summed E-state index contributed by atoms with van der Waals surface area (Å²) in [5.41, 5.74) is 0. The molecule has 2 atom stereocenters. The number of rotatable bonds is 8. The van der Waals surface area contributed by atoms with Gasteiger partial charge in [0.2, 0.25) is 0 Å². The van der Waals surface area contributed by atoms with Gasteiger partial charge in [-0.2, -0.15) is 0 Å². The molecule has 0 amide bonds. The van der Waals surface area contributed by atoms with Crippen molar-refractivity contribution in [2.45, 2.75) is 47.1 Å². The van der Waals surface area contributed by atoms with Crippen molar-refractivity contribution < 1.29 is 8.42 Å². The minimum absolute atomic E-state index is 0.0825. The van der Waals surface area contributed by atoms with E-state index in [0.717, 1.165) is 13.0 Å². The van der Waals surface area contributed by atoms with Crippen LogP contribution in [0, 0.1) is 11.8 Å². The zero-order chi connectivity index (χ0) is 12.8. The minimum atomic E-state index is -2.92. The fraction of sp³-hybridized carbons (Fsp3) is 1.00. The van der Waals surface area contributed by atoms with E-state index in [-0.39, 0.29) is 17.7 Å². The highest BCUT2D eigenvalue weighted by molar-refractivity contribution is 7.91. The van der Waals surface area contributed by atoms with E-state index in [0.29, 0.717) is 11.7 Å². The molecule has 0 radical (unpaired) electrons. The summed E-state index contributed by atoms with van der Waals surface area (Å²) in [6.07, 6.45) is 0.923. The first-order valence-corrected chi connectivity index (χ1v) is 8.08. The topological polar surface area (TPSA) is 46.2 Å². The van der Waals surface area contributed by atoms with Gasteiger partial charge in [0.05, 0.1) is 11.5 Å². The van der Waals surface area contributed by atoms with Gasteiger partial charge in [-0.1, -0.05) is 41.0 Å². The Morgan fingerprint density at radius 2 is 1.62 bits per heavy atom. The average molecular weight is 249 g/mol. The zero-order valence-electron chi connectivity index (χ0n) is 11.3. The van der Waals surface area contributed by atoms with Crippen LogP contribution in [0.5, 0.6) is 0 Å². The van der Waals surface area contributed by atoms with Crippen molar-refractivity contribution in [3.8, 4) is 0 Å². The first-order valence-electron chi connectivity index (χ1n) is 6.26. The van der Waals surface area contributed by atoms with Gasteiger partial charge in [-0.15, -0.1) is 0 Å². The third-order valence-corrected chi connectivity index (χ3v) is 4.88. The fourth-order valence-corrected chi connectivity index (χ4v) is 3.93. The Bertz CT molecular complexity index is 273. The summed E-state index contributed by atoms with van der Waals surface area (Å²) in [4.78, 5) is 0. The summed E-state index contributed by atoms with van der Waals surface area (Å²) in [5, 5.41) is 3.25. The molecule has 0 saturated carbocycles. The van der Waals surface area contributed by atoms with Crippen molar-refractivity contribution in [2.75, 3.05) is 18.1 Å². The predicted molar refractivity (Wildman–Crippen MR) is 70.4 cm³/mol. The van der Waals surface area contributed by atoms with Crippen molar-refractivity contribution in [3.63, 3.8) is 0 Å². The lowest BCUT2D eigenvalue weighted by molar-refractivity contribution is 0.433. The van der Waals surface area contributed by atoms with Crippen molar-refractivity contribution in [2.24, 2.45) is 11.8 Å². The molecule has 0 aliphatic rings. The second kappa shape index (κ2) is 7.28. The van der Waals surface area contributed by atoms with E-state index in [1.165, 1.54) is 0 Å². The standard InChI is InChI=1S/C12H27NO2S/c1-6-11(5)8-16(14,15)9-12(10(3)4)13-7-2/h10-13H,6-9H2,1-5H3. The number of sulfone groups is 1. The molecule has 0 aliphatic carbocycles. The number of nitrogens with one attached hydrogen (secondary N) is 1. The van der Waals surface area contributed by atoms with E-state index in [4.69, 9.17) is 0 Å². The van der Waals surface area contributed by atoms with Gasteiger partial charge < -0.3 is 5.32 Å². The predicted octanol–water partition coefficient (Wildman–Crippen LogP) is 2.08. The fourth-order valence-electron chi connectivity index (χ4n) is 1.64. The van der Waals surface area contributed by atoms with Crippen LogP contribution in [0.4, 0.5) is 0 Å². The summed E-state index contributed by atoms with van der Waals surface area (Å²) in [7, 11) is -2.92. The summed E-state index contributed by atoms with van der Waals surface area (Å²) in [6.45, 7) is 11.0. The summed E-state index contributed by atoms with van der Waals surface area (Å²) < 4.78 is 23.9. The Balaban J connectivity index is 4.42. The van der Waals surface area contributed by atoms with Crippen LogP contribution in [-0.4, -0.2) is 32.5 Å². The van der Waals surface area contributed by atoms with Gasteiger partial charge in [0, 0.05) is 6.04 Å². The van der Waals surface area contributed by atoms with E-state index >= 15 is 0 Å². The first kappa shape index (κ1) is 15.9. The smallest absolute Gasteiger partial charge is 0.152 e. The third kappa shape index (κ3) is 6.48. The van der Waals surface area contributed by atoms with Crippen molar-refractivity contribution in [1.29, 1.82) is 0 Å². The van der Waals surface area contributed by atoms with Crippen LogP contribution in [0.25, 0.3) is 0 Å². The maximum atomic E-state index is 11.9. The van der Waals surface area contributed by atoms with Gasteiger partial charge in [-0.3, -0.25) is 0 Å². The highest BCUT2D eigenvalue weighted by atomic mass is 32.2. The molecule has 0 saturated heterocycles. The quantitative estimate of drug-likeness (QED) is 0.716. The van der Waals surface area contributed by atoms with E-state index in [9.17, 15) is 8.42 Å². The lowest BCUT2D eigenvalue weighted by Crippen LogP contribution is -2.40. The van der Waals surface area contributed by atoms with E-state index in [1.54, 1.807) is 0 Å². The van der Waals surface area contributed by atoms with Crippen molar-refractivity contribution in [1.82, 2.24) is 5.32 Å². The molecule has 16 heavy (non-hydrogen) atoms. The van der Waals surface area contributed by atoms with E-state index < -0.39 is 9.84 Å². The molecular weight excluding hydrogens is 222 g/mol. The molecule has 98 valence electrons. The summed E-state index contributed by atoms with van der Waals surface area (Å²) in [5.74, 6) is 1.20. The van der Waals surface area contributed by atoms with Crippen molar-refractivity contribution >= 4 is 9.84 Å². The van der Waals surface area contributed by atoms with Gasteiger partial charge in [0.1, 0.15) is 0 Å². The Labute approximate surface area is 101 Å². The normalized spacial score (nSPS) is 16.4. The van der Waals surface area contributed by atoms with Crippen LogP contribution in [0.3, 0.4) is 0 Å². The molecule has 0 spiro atoms. The second-order valence-electron chi connectivity index (χ2n) is 5.00. The molecule has 0 bridgehead atoms. The molecule has 0 aliphatic heterocycles. The molecule has 0 aromatic carbocycles. The molecule has 0 heterocycles. The van der Waals surface area contributed by atoms with Crippen LogP contribution in [0.1, 0.15) is 41.0 Å². The number of hydrogen-bond acceptors (Lipinski definition) is 3. The Kier molecular flexibility index (Phi) is 7.24. The SMILES string of the molecule is CCNC(CS(=O)(=O)CC(C)CC)C(C)C. The molecule has 0 rings (SSSR count). The lowest BCUT2D eigenvalue weighted by Gasteiger charge is -2.22. The maximum absolute atomic E-state index is 11.9. The molecule has 0 aromatic heterocycles. The Morgan fingerprint density at radius 3 is 2.00 bits per heavy atom. The highest BCUT2D eigenvalue weighted by Crippen LogP contribution is 2.10. The molecule has 0 fully saturated rings. The van der Waals surface area contributed by atoms with Crippen LogP contribution in [0.2, 0.25) is 0 Å². The zero-order valence-corrected chi connectivity index (χ0v) is 12.1. The van der Waals surface area contributed by atoms with Gasteiger partial charge in [0.25, 0.3) is 0 Å². The van der Waals surface area contributed by atoms with Crippen molar-refractivity contribution in [3.05, 3.63) is 0 Å². The maximum Gasteiger partial charge on any atom is 0.152 e. The van der Waals surface area contributed by atoms with Gasteiger partial charge in [-0.25, -0.2) is 8.42 Å². The van der Waals surface area contributed by atoms with E-state index in [1.807, 2.05) is 20.8 Å². The Morgan fingerprint density at radius 1 is 1.06 bits per heavy atom. The molecule has 0 aromatic rings. The Hall–Kier alpha value is -0.0900. The van der Waals surface area contributed by atoms with Gasteiger partial charge in [0.15, 0.2) is 9.84 Å². The second-order valence-corrected chi connectivity index (χ2v) is 7.15. The van der Waals surface area contributed by atoms with Crippen LogP contribution in [0.15, 0.2) is 0 Å². The third-order valence-electron chi connectivity index (χ3n) is 2.94.